The van der Waals surface area contributed by atoms with Crippen LogP contribution < -0.4 is 8.85 Å². The van der Waals surface area contributed by atoms with Gasteiger partial charge in [-0.2, -0.15) is 0 Å². The molecule has 0 aliphatic carbocycles. The van der Waals surface area contributed by atoms with Crippen LogP contribution >= 0.6 is 0 Å². The third kappa shape index (κ3) is 2.74. The minimum absolute atomic E-state index is 0.778. The number of hydrogen-bond acceptors (Lipinski definition) is 1. The highest BCUT2D eigenvalue weighted by atomic mass is 27.2. The molecular weight excluding hydrogens is 211 g/mol. The van der Waals surface area contributed by atoms with E-state index in [1.165, 1.54) is 8.85 Å². The Morgan fingerprint density at radius 2 is 1.25 bits per heavy atom. The highest BCUT2D eigenvalue weighted by molar-refractivity contribution is 6.80. The molecule has 0 N–H and O–H groups in total. The van der Waals surface area contributed by atoms with Crippen molar-refractivity contribution in [1.29, 1.82) is 0 Å². The van der Waals surface area contributed by atoms with Gasteiger partial charge in [-0.3, -0.25) is 0 Å². The molecule has 0 amide bonds. The van der Waals surface area contributed by atoms with Crippen molar-refractivity contribution in [1.82, 2.24) is 0 Å². The second kappa shape index (κ2) is 5.87. The Labute approximate surface area is 101 Å². The summed E-state index contributed by atoms with van der Waals surface area (Å²) < 4.78 is 8.64. The number of benzene rings is 2. The van der Waals surface area contributed by atoms with E-state index in [1.807, 2.05) is 12.1 Å². The molecule has 0 bridgehead atoms. The van der Waals surface area contributed by atoms with E-state index in [1.54, 1.807) is 0 Å². The molecule has 0 aliphatic rings. The van der Waals surface area contributed by atoms with Crippen LogP contribution in [0.1, 0.15) is 6.92 Å². The van der Waals surface area contributed by atoms with Gasteiger partial charge in [0.05, 0.1) is 0 Å². The van der Waals surface area contributed by atoms with Crippen LogP contribution in [-0.2, 0) is 3.79 Å². The molecule has 16 heavy (non-hydrogen) atoms. The van der Waals surface area contributed by atoms with Crippen LogP contribution in [0, 0.1) is 0 Å². The van der Waals surface area contributed by atoms with E-state index in [-0.39, 0.29) is 0 Å². The zero-order valence-electron chi connectivity index (χ0n) is 9.47. The number of hydrogen-bond donors (Lipinski definition) is 0. The Kier molecular flexibility index (Phi) is 4.19. The van der Waals surface area contributed by atoms with Gasteiger partial charge in [-0.05, 0) is 6.92 Å². The largest absolute Gasteiger partial charge is 0.544 e. The highest BCUT2D eigenvalue weighted by Crippen LogP contribution is 1.94. The minimum Gasteiger partial charge on any atom is -0.494 e. The molecule has 2 aromatic carbocycles. The molecule has 0 aliphatic heterocycles. The van der Waals surface area contributed by atoms with Crippen molar-refractivity contribution in [3.05, 3.63) is 60.7 Å². The smallest absolute Gasteiger partial charge is 0.494 e. The monoisotopic (exact) mass is 226 g/mol. The molecule has 0 radical (unpaired) electrons. The molecular formula is C14H15AlO. The van der Waals surface area contributed by atoms with Gasteiger partial charge in [0.25, 0.3) is 0 Å². The molecule has 0 saturated heterocycles. The van der Waals surface area contributed by atoms with Gasteiger partial charge in [-0.1, -0.05) is 69.5 Å². The molecule has 0 unspecified atom stereocenters. The van der Waals surface area contributed by atoms with Crippen molar-refractivity contribution in [3.63, 3.8) is 0 Å². The first-order valence-electron chi connectivity index (χ1n) is 5.63. The van der Waals surface area contributed by atoms with Crippen molar-refractivity contribution < 1.29 is 3.79 Å². The number of rotatable bonds is 4. The second-order valence-corrected chi connectivity index (χ2v) is 6.08. The molecule has 0 heterocycles. The molecule has 0 saturated carbocycles. The van der Waals surface area contributed by atoms with E-state index >= 15 is 0 Å². The quantitative estimate of drug-likeness (QED) is 0.723. The van der Waals surface area contributed by atoms with Crippen molar-refractivity contribution in [3.8, 4) is 0 Å². The molecule has 2 rings (SSSR count). The summed E-state index contributed by atoms with van der Waals surface area (Å²) in [4.78, 5) is 0. The van der Waals surface area contributed by atoms with Gasteiger partial charge >= 0.3 is 14.5 Å². The third-order valence-electron chi connectivity index (χ3n) is 2.54. The Hall–Kier alpha value is -1.07. The summed E-state index contributed by atoms with van der Waals surface area (Å²) in [6, 6.07) is 21.1. The molecule has 2 aromatic rings. The van der Waals surface area contributed by atoms with Gasteiger partial charge in [0, 0.05) is 6.61 Å². The summed E-state index contributed by atoms with van der Waals surface area (Å²) in [6.07, 6.45) is 0. The van der Waals surface area contributed by atoms with E-state index in [0.717, 1.165) is 6.61 Å². The molecule has 1 nitrogen and oxygen atoms in total. The average Bonchev–Trinajstić information content (AvgIpc) is 2.38. The fourth-order valence-corrected chi connectivity index (χ4v) is 4.05. The second-order valence-electron chi connectivity index (χ2n) is 3.66. The van der Waals surface area contributed by atoms with E-state index < -0.39 is 14.5 Å². The summed E-state index contributed by atoms with van der Waals surface area (Å²) in [5, 5.41) is 0. The predicted molar refractivity (Wildman–Crippen MR) is 69.5 cm³/mol. The van der Waals surface area contributed by atoms with E-state index in [2.05, 4.69) is 55.5 Å². The van der Waals surface area contributed by atoms with Crippen LogP contribution in [0.5, 0.6) is 0 Å². The van der Waals surface area contributed by atoms with E-state index in [9.17, 15) is 0 Å². The van der Waals surface area contributed by atoms with Crippen molar-refractivity contribution in [2.24, 2.45) is 0 Å². The first-order valence-corrected chi connectivity index (χ1v) is 7.26. The van der Waals surface area contributed by atoms with Crippen LogP contribution in [0.4, 0.5) is 0 Å². The Bertz CT molecular complexity index is 374. The van der Waals surface area contributed by atoms with Crippen LogP contribution in [0.25, 0.3) is 0 Å². The normalized spacial score (nSPS) is 10.1. The molecule has 0 spiro atoms. The Balaban J connectivity index is 2.31. The van der Waals surface area contributed by atoms with Gasteiger partial charge in [0.1, 0.15) is 0 Å². The molecule has 0 aromatic heterocycles. The zero-order valence-corrected chi connectivity index (χ0v) is 10.6. The fraction of sp³-hybridized carbons (Fsp3) is 0.143. The maximum absolute atomic E-state index is 5.95. The van der Waals surface area contributed by atoms with Crippen LogP contribution in [0.2, 0.25) is 0 Å². The lowest BCUT2D eigenvalue weighted by molar-refractivity contribution is 0.358. The SMILES string of the molecule is CC[O][Al]([c]1ccccc1)[c]1ccccc1. The van der Waals surface area contributed by atoms with Crippen molar-refractivity contribution >= 4 is 23.3 Å². The first kappa shape index (κ1) is 11.4. The van der Waals surface area contributed by atoms with Gasteiger partial charge in [-0.15, -0.1) is 0 Å². The van der Waals surface area contributed by atoms with Crippen LogP contribution in [0.3, 0.4) is 0 Å². The first-order chi connectivity index (χ1) is 7.92. The topological polar surface area (TPSA) is 9.23 Å². The van der Waals surface area contributed by atoms with Gasteiger partial charge in [0.2, 0.25) is 0 Å². The Morgan fingerprint density at radius 1 is 0.812 bits per heavy atom. The van der Waals surface area contributed by atoms with Gasteiger partial charge < -0.3 is 3.79 Å². The molecule has 2 heteroatoms. The third-order valence-corrected chi connectivity index (χ3v) is 5.19. The fourth-order valence-electron chi connectivity index (χ4n) is 1.81. The lowest BCUT2D eigenvalue weighted by Crippen LogP contribution is -2.44. The molecule has 0 atom stereocenters. The van der Waals surface area contributed by atoms with E-state index in [4.69, 9.17) is 3.79 Å². The van der Waals surface area contributed by atoms with Crippen LogP contribution in [0.15, 0.2) is 60.7 Å². The van der Waals surface area contributed by atoms with Crippen molar-refractivity contribution in [2.75, 3.05) is 6.61 Å². The summed E-state index contributed by atoms with van der Waals surface area (Å²) in [6.45, 7) is 2.84. The minimum atomic E-state index is -1.45. The molecule has 80 valence electrons. The zero-order chi connectivity index (χ0) is 11.2. The lowest BCUT2D eigenvalue weighted by atomic mass is 10.4. The lowest BCUT2D eigenvalue weighted by Gasteiger charge is -2.12. The van der Waals surface area contributed by atoms with Gasteiger partial charge in [0.15, 0.2) is 0 Å². The summed E-state index contributed by atoms with van der Waals surface area (Å²) >= 11 is -1.45. The molecule has 0 fully saturated rings. The van der Waals surface area contributed by atoms with Crippen molar-refractivity contribution in [2.45, 2.75) is 6.92 Å². The maximum atomic E-state index is 5.95. The van der Waals surface area contributed by atoms with E-state index in [0.29, 0.717) is 0 Å². The summed E-state index contributed by atoms with van der Waals surface area (Å²) in [7, 11) is 0. The maximum Gasteiger partial charge on any atom is 0.544 e. The van der Waals surface area contributed by atoms with Crippen LogP contribution in [-0.4, -0.2) is 21.1 Å². The summed E-state index contributed by atoms with van der Waals surface area (Å²) in [5.41, 5.74) is 0. The Morgan fingerprint density at radius 3 is 1.62 bits per heavy atom. The van der Waals surface area contributed by atoms with Gasteiger partial charge in [-0.25, -0.2) is 0 Å². The average molecular weight is 226 g/mol. The predicted octanol–water partition coefficient (Wildman–Crippen LogP) is 1.83. The standard InChI is InChI=1S/2C6H5.C2H5O.Al/c2*1-2-4-6-5-3-1;1-2-3;/h2*1-5H;2H2,1H3;/q;;-1;+1. The highest BCUT2D eigenvalue weighted by Gasteiger charge is 2.24. The summed E-state index contributed by atoms with van der Waals surface area (Å²) in [5.74, 6) is 0.